The van der Waals surface area contributed by atoms with Crippen molar-refractivity contribution in [2.24, 2.45) is 5.92 Å². The fraction of sp³-hybridized carbons (Fsp3) is 0.524. The van der Waals surface area contributed by atoms with Crippen molar-refractivity contribution in [2.75, 3.05) is 6.61 Å². The van der Waals surface area contributed by atoms with Crippen LogP contribution in [-0.2, 0) is 21.7 Å². The molecule has 2 aromatic rings. The highest BCUT2D eigenvalue weighted by Crippen LogP contribution is 2.47. The maximum Gasteiger partial charge on any atom is 0.343 e. The van der Waals surface area contributed by atoms with Crippen molar-refractivity contribution in [1.29, 1.82) is 0 Å². The van der Waals surface area contributed by atoms with Crippen LogP contribution in [0, 0.1) is 5.92 Å². The number of hydrogen-bond donors (Lipinski definition) is 1. The molecule has 1 aliphatic rings. The summed E-state index contributed by atoms with van der Waals surface area (Å²) in [5.41, 5.74) is -1.80. The van der Waals surface area contributed by atoms with Gasteiger partial charge in [-0.15, -0.1) is 0 Å². The summed E-state index contributed by atoms with van der Waals surface area (Å²) in [4.78, 5) is 17.1. The van der Waals surface area contributed by atoms with Crippen molar-refractivity contribution in [1.82, 2.24) is 9.55 Å². The molecule has 1 aliphatic carbocycles. The first kappa shape index (κ1) is 20.5. The molecule has 2 atom stereocenters. The van der Waals surface area contributed by atoms with Gasteiger partial charge in [-0.05, 0) is 12.0 Å². The Kier molecular flexibility index (Phi) is 5.84. The molecule has 1 fully saturated rings. The van der Waals surface area contributed by atoms with Crippen LogP contribution in [0.4, 0.5) is 8.78 Å². The predicted octanol–water partition coefficient (Wildman–Crippen LogP) is 3.87. The fourth-order valence-electron chi connectivity index (χ4n) is 3.88. The lowest BCUT2D eigenvalue weighted by Crippen LogP contribution is -2.44. The van der Waals surface area contributed by atoms with E-state index in [-0.39, 0.29) is 30.9 Å². The molecular weight excluding hydrogens is 366 g/mol. The van der Waals surface area contributed by atoms with Crippen LogP contribution in [0.5, 0.6) is 0 Å². The van der Waals surface area contributed by atoms with Crippen molar-refractivity contribution in [3.05, 3.63) is 54.1 Å². The Labute approximate surface area is 163 Å². The van der Waals surface area contributed by atoms with Gasteiger partial charge in [0.05, 0.1) is 6.54 Å². The summed E-state index contributed by atoms with van der Waals surface area (Å²) in [6.07, 6.45) is 2.66. The average Bonchev–Trinajstić information content (AvgIpc) is 3.28. The third-order valence-electron chi connectivity index (χ3n) is 5.35. The van der Waals surface area contributed by atoms with Crippen LogP contribution in [-0.4, -0.2) is 33.2 Å². The molecule has 0 radical (unpaired) electrons. The van der Waals surface area contributed by atoms with E-state index in [1.54, 1.807) is 42.7 Å². The molecule has 152 valence electrons. The first-order valence-electron chi connectivity index (χ1n) is 9.58. The summed E-state index contributed by atoms with van der Waals surface area (Å²) >= 11 is 0. The maximum atomic E-state index is 13.8. The average molecular weight is 392 g/mol. The highest BCUT2D eigenvalue weighted by atomic mass is 19.3. The molecule has 0 saturated heterocycles. The number of hydrogen-bond acceptors (Lipinski definition) is 4. The normalized spacial score (nSPS) is 20.9. The number of aliphatic hydroxyl groups is 1. The third kappa shape index (κ3) is 4.09. The zero-order valence-electron chi connectivity index (χ0n) is 16.1. The summed E-state index contributed by atoms with van der Waals surface area (Å²) in [6.45, 7) is 4.43. The van der Waals surface area contributed by atoms with Crippen molar-refractivity contribution in [2.45, 2.75) is 57.1 Å². The summed E-state index contributed by atoms with van der Waals surface area (Å²) < 4.78 is 34.8. The summed E-state index contributed by atoms with van der Waals surface area (Å²) in [6, 6.07) is 8.22. The molecule has 1 N–H and O–H groups in total. The number of halogens is 2. The molecule has 0 amide bonds. The van der Waals surface area contributed by atoms with Crippen molar-refractivity contribution in [3.8, 4) is 0 Å². The van der Waals surface area contributed by atoms with Crippen molar-refractivity contribution < 1.29 is 23.4 Å². The van der Waals surface area contributed by atoms with E-state index in [9.17, 15) is 18.7 Å². The van der Waals surface area contributed by atoms with Crippen molar-refractivity contribution in [3.63, 3.8) is 0 Å². The number of carbonyl (C=O) groups is 1. The predicted molar refractivity (Wildman–Crippen MR) is 99.9 cm³/mol. The number of esters is 1. The minimum atomic E-state index is -2.88. The molecule has 5 nitrogen and oxygen atoms in total. The number of imidazole rings is 1. The summed E-state index contributed by atoms with van der Waals surface area (Å²) in [7, 11) is 0. The summed E-state index contributed by atoms with van der Waals surface area (Å²) in [5, 5.41) is 11.3. The lowest BCUT2D eigenvalue weighted by molar-refractivity contribution is -0.175. The van der Waals surface area contributed by atoms with E-state index in [0.29, 0.717) is 6.54 Å². The molecule has 1 saturated carbocycles. The number of rotatable bonds is 7. The molecule has 1 aromatic carbocycles. The highest BCUT2D eigenvalue weighted by Gasteiger charge is 2.54. The van der Waals surface area contributed by atoms with Gasteiger partial charge in [0.15, 0.2) is 5.60 Å². The fourth-order valence-corrected chi connectivity index (χ4v) is 3.88. The van der Waals surface area contributed by atoms with Crippen LogP contribution >= 0.6 is 0 Å². The second kappa shape index (κ2) is 7.99. The van der Waals surface area contributed by atoms with Gasteiger partial charge in [0.25, 0.3) is 0 Å². The minimum absolute atomic E-state index is 0.0210. The number of aromatic nitrogens is 2. The van der Waals surface area contributed by atoms with Crippen LogP contribution in [0.25, 0.3) is 0 Å². The van der Waals surface area contributed by atoms with Crippen LogP contribution in [0.2, 0.25) is 0 Å². The maximum absolute atomic E-state index is 13.8. The first-order valence-corrected chi connectivity index (χ1v) is 9.58. The minimum Gasteiger partial charge on any atom is -0.461 e. The van der Waals surface area contributed by atoms with Crippen LogP contribution in [0.3, 0.4) is 0 Å². The van der Waals surface area contributed by atoms with E-state index in [1.165, 1.54) is 0 Å². The quantitative estimate of drug-likeness (QED) is 0.727. The van der Waals surface area contributed by atoms with E-state index >= 15 is 0 Å². The summed E-state index contributed by atoms with van der Waals surface area (Å²) in [5.74, 6) is -3.57. The number of alkyl halides is 2. The van der Waals surface area contributed by atoms with Crippen LogP contribution in [0.15, 0.2) is 42.7 Å². The van der Waals surface area contributed by atoms with Crippen LogP contribution < -0.4 is 0 Å². The Morgan fingerprint density at radius 1 is 1.39 bits per heavy atom. The largest absolute Gasteiger partial charge is 0.461 e. The molecule has 7 heteroatoms. The van der Waals surface area contributed by atoms with Gasteiger partial charge in [0.1, 0.15) is 12.4 Å². The Hall–Kier alpha value is -2.28. The Bertz CT molecular complexity index is 807. The van der Waals surface area contributed by atoms with Gasteiger partial charge >= 0.3 is 5.97 Å². The van der Waals surface area contributed by atoms with E-state index in [2.05, 4.69) is 4.98 Å². The number of ether oxygens (including phenoxy) is 1. The van der Waals surface area contributed by atoms with Gasteiger partial charge in [-0.25, -0.2) is 18.6 Å². The molecule has 28 heavy (non-hydrogen) atoms. The van der Waals surface area contributed by atoms with Gasteiger partial charge in [-0.1, -0.05) is 44.2 Å². The molecule has 1 aromatic heterocycles. The number of nitrogens with zero attached hydrogens (tertiary/aromatic N) is 2. The van der Waals surface area contributed by atoms with Crippen LogP contribution in [0.1, 0.15) is 50.4 Å². The molecule has 0 bridgehead atoms. The monoisotopic (exact) mass is 392 g/mol. The smallest absolute Gasteiger partial charge is 0.343 e. The molecular formula is C21H26F2N2O3. The Morgan fingerprint density at radius 3 is 2.71 bits per heavy atom. The zero-order chi connectivity index (χ0) is 20.4. The van der Waals surface area contributed by atoms with E-state index in [0.717, 1.165) is 5.82 Å². The molecule has 0 aliphatic heterocycles. The van der Waals surface area contributed by atoms with E-state index in [4.69, 9.17) is 4.74 Å². The lowest BCUT2D eigenvalue weighted by atomic mass is 9.80. The van der Waals surface area contributed by atoms with E-state index < -0.39 is 29.8 Å². The van der Waals surface area contributed by atoms with Gasteiger partial charge in [0.2, 0.25) is 5.92 Å². The van der Waals surface area contributed by atoms with Gasteiger partial charge in [-0.2, -0.15) is 0 Å². The van der Waals surface area contributed by atoms with Gasteiger partial charge < -0.3 is 14.4 Å². The standard InChI is InChI=1S/C21H26F2N2O3/c1-15(2)18-24-10-11-25(18)12-13-28-19(26)21(27,16-6-4-3-5-7-16)17-8-9-20(22,23)14-17/h3-7,10-11,15,17,27H,8-9,12-14H2,1-2H3/t17-,21+/m1/s1. The molecule has 3 rings (SSSR count). The second-order valence-corrected chi connectivity index (χ2v) is 7.70. The first-order chi connectivity index (χ1) is 13.2. The van der Waals surface area contributed by atoms with Gasteiger partial charge in [0, 0.05) is 37.1 Å². The Morgan fingerprint density at radius 2 is 2.11 bits per heavy atom. The van der Waals surface area contributed by atoms with Gasteiger partial charge in [-0.3, -0.25) is 0 Å². The lowest BCUT2D eigenvalue weighted by Gasteiger charge is -2.32. The van der Waals surface area contributed by atoms with E-state index in [1.807, 2.05) is 18.4 Å². The second-order valence-electron chi connectivity index (χ2n) is 7.70. The Balaban J connectivity index is 1.75. The molecule has 0 unspecified atom stereocenters. The number of benzene rings is 1. The third-order valence-corrected chi connectivity index (χ3v) is 5.35. The topological polar surface area (TPSA) is 64.4 Å². The zero-order valence-corrected chi connectivity index (χ0v) is 16.1. The molecule has 1 heterocycles. The van der Waals surface area contributed by atoms with Crippen molar-refractivity contribution >= 4 is 5.97 Å². The highest BCUT2D eigenvalue weighted by molar-refractivity contribution is 5.81. The number of carbonyl (C=O) groups excluding carboxylic acids is 1. The SMILES string of the molecule is CC(C)c1nccn1CCOC(=O)[C@](O)(c1ccccc1)[C@@H]1CCC(F)(F)C1. The molecule has 0 spiro atoms.